The Hall–Kier alpha value is -3.13. The zero-order valence-corrected chi connectivity index (χ0v) is 15.6. The molecule has 0 spiro atoms. The minimum Gasteiger partial charge on any atom is -0.366 e. The fourth-order valence-electron chi connectivity index (χ4n) is 2.48. The van der Waals surface area contributed by atoms with Crippen LogP contribution in [0, 0.1) is 0 Å². The summed E-state index contributed by atoms with van der Waals surface area (Å²) < 4.78 is 1.44. The molecule has 0 bridgehead atoms. The number of nitrogens with zero attached hydrogens (tertiary/aromatic N) is 2. The second kappa shape index (κ2) is 7.63. The van der Waals surface area contributed by atoms with Crippen LogP contribution in [-0.4, -0.2) is 26.6 Å². The maximum absolute atomic E-state index is 12.5. The molecule has 0 radical (unpaired) electrons. The number of hydrogen-bond donors (Lipinski definition) is 2. The molecule has 8 heteroatoms. The summed E-state index contributed by atoms with van der Waals surface area (Å²) in [4.78, 5) is 40.5. The van der Waals surface area contributed by atoms with Crippen LogP contribution in [0.1, 0.15) is 17.3 Å². The Morgan fingerprint density at radius 1 is 1.15 bits per heavy atom. The molecule has 1 unspecified atom stereocenters. The first-order valence-corrected chi connectivity index (χ1v) is 9.08. The number of rotatable bonds is 5. The Balaban J connectivity index is 1.76. The van der Waals surface area contributed by atoms with Crippen molar-refractivity contribution in [1.29, 1.82) is 0 Å². The Kier molecular flexibility index (Phi) is 5.27. The molecule has 0 aliphatic rings. The van der Waals surface area contributed by atoms with Crippen molar-refractivity contribution in [2.24, 2.45) is 12.8 Å². The summed E-state index contributed by atoms with van der Waals surface area (Å²) in [6, 6.07) is 13.4. The molecule has 2 amide bonds. The minimum absolute atomic E-state index is 0.155. The van der Waals surface area contributed by atoms with Gasteiger partial charge in [-0.3, -0.25) is 19.0 Å². The van der Waals surface area contributed by atoms with Gasteiger partial charge in [-0.1, -0.05) is 23.9 Å². The average molecular weight is 382 g/mol. The Bertz CT molecular complexity index is 1080. The zero-order valence-electron chi connectivity index (χ0n) is 14.8. The van der Waals surface area contributed by atoms with E-state index in [-0.39, 0.29) is 11.5 Å². The van der Waals surface area contributed by atoms with Gasteiger partial charge in [-0.15, -0.1) is 0 Å². The highest BCUT2D eigenvalue weighted by Gasteiger charge is 2.18. The summed E-state index contributed by atoms with van der Waals surface area (Å²) in [5.74, 6) is -0.769. The lowest BCUT2D eigenvalue weighted by molar-refractivity contribution is -0.115. The maximum Gasteiger partial charge on any atom is 0.261 e. The predicted molar refractivity (Wildman–Crippen MR) is 106 cm³/mol. The van der Waals surface area contributed by atoms with Crippen molar-refractivity contribution in [3.63, 3.8) is 0 Å². The highest BCUT2D eigenvalue weighted by Crippen LogP contribution is 2.23. The standard InChI is InChI=1S/C19H18N4O3S/c1-11(17(25)21-13-9-7-12(8-10-13)16(20)24)27-19-22-15-6-4-3-5-14(15)18(26)23(19)2/h3-11H,1-2H3,(H2,20,24)(H,21,25). The van der Waals surface area contributed by atoms with Gasteiger partial charge in [0.25, 0.3) is 5.56 Å². The summed E-state index contributed by atoms with van der Waals surface area (Å²) in [5, 5.41) is 3.29. The number of nitrogens with one attached hydrogen (secondary N) is 1. The molecule has 27 heavy (non-hydrogen) atoms. The molecular formula is C19H18N4O3S. The molecule has 2 aromatic carbocycles. The smallest absolute Gasteiger partial charge is 0.261 e. The van der Waals surface area contributed by atoms with Gasteiger partial charge in [0.15, 0.2) is 5.16 Å². The molecule has 0 aliphatic heterocycles. The number of benzene rings is 2. The van der Waals surface area contributed by atoms with E-state index in [0.29, 0.717) is 27.3 Å². The quantitative estimate of drug-likeness (QED) is 0.519. The Labute approximate surface area is 159 Å². The summed E-state index contributed by atoms with van der Waals surface area (Å²) in [5.41, 5.74) is 6.56. The van der Waals surface area contributed by atoms with Crippen molar-refractivity contribution in [1.82, 2.24) is 9.55 Å². The first kappa shape index (κ1) is 18.7. The van der Waals surface area contributed by atoms with Crippen LogP contribution in [-0.2, 0) is 11.8 Å². The molecule has 7 nitrogen and oxygen atoms in total. The number of primary amides is 1. The number of para-hydroxylation sites is 1. The predicted octanol–water partition coefficient (Wildman–Crippen LogP) is 2.15. The summed E-state index contributed by atoms with van der Waals surface area (Å²) in [6.07, 6.45) is 0. The van der Waals surface area contributed by atoms with Crippen LogP contribution >= 0.6 is 11.8 Å². The second-order valence-corrected chi connectivity index (χ2v) is 7.27. The van der Waals surface area contributed by atoms with Crippen LogP contribution < -0.4 is 16.6 Å². The van der Waals surface area contributed by atoms with Gasteiger partial charge < -0.3 is 11.1 Å². The van der Waals surface area contributed by atoms with Gasteiger partial charge in [-0.2, -0.15) is 0 Å². The van der Waals surface area contributed by atoms with Gasteiger partial charge in [0.05, 0.1) is 16.2 Å². The lowest BCUT2D eigenvalue weighted by Gasteiger charge is -2.14. The third-order valence-electron chi connectivity index (χ3n) is 4.03. The van der Waals surface area contributed by atoms with E-state index >= 15 is 0 Å². The number of carbonyl (C=O) groups excluding carboxylic acids is 2. The van der Waals surface area contributed by atoms with Crippen molar-refractivity contribution in [2.45, 2.75) is 17.3 Å². The van der Waals surface area contributed by atoms with Gasteiger partial charge in [-0.25, -0.2) is 4.98 Å². The van der Waals surface area contributed by atoms with Gasteiger partial charge in [0, 0.05) is 18.3 Å². The Morgan fingerprint density at radius 3 is 2.48 bits per heavy atom. The molecule has 0 fully saturated rings. The number of hydrogen-bond acceptors (Lipinski definition) is 5. The van der Waals surface area contributed by atoms with Crippen molar-refractivity contribution in [2.75, 3.05) is 5.32 Å². The lowest BCUT2D eigenvalue weighted by atomic mass is 10.2. The molecule has 0 aliphatic carbocycles. The summed E-state index contributed by atoms with van der Waals surface area (Å²) >= 11 is 1.20. The highest BCUT2D eigenvalue weighted by molar-refractivity contribution is 8.00. The van der Waals surface area contributed by atoms with Crippen LogP contribution in [0.4, 0.5) is 5.69 Å². The topological polar surface area (TPSA) is 107 Å². The fourth-order valence-corrected chi connectivity index (χ4v) is 3.35. The molecule has 0 saturated heterocycles. The minimum atomic E-state index is -0.528. The number of fused-ring (bicyclic) bond motifs is 1. The van der Waals surface area contributed by atoms with Gasteiger partial charge in [0.1, 0.15) is 0 Å². The van der Waals surface area contributed by atoms with Crippen molar-refractivity contribution in [3.8, 4) is 0 Å². The fraction of sp³-hybridized carbons (Fsp3) is 0.158. The first-order chi connectivity index (χ1) is 12.9. The molecule has 1 heterocycles. The molecule has 3 rings (SSSR count). The largest absolute Gasteiger partial charge is 0.366 e. The third-order valence-corrected chi connectivity index (χ3v) is 5.17. The maximum atomic E-state index is 12.5. The van der Waals surface area contributed by atoms with Crippen molar-refractivity contribution in [3.05, 3.63) is 64.4 Å². The zero-order chi connectivity index (χ0) is 19.6. The average Bonchev–Trinajstić information content (AvgIpc) is 2.66. The van der Waals surface area contributed by atoms with Crippen molar-refractivity contribution >= 4 is 40.2 Å². The summed E-state index contributed by atoms with van der Waals surface area (Å²) in [7, 11) is 1.64. The van der Waals surface area contributed by atoms with Crippen LogP contribution in [0.25, 0.3) is 10.9 Å². The number of amides is 2. The van der Waals surface area contributed by atoms with Gasteiger partial charge >= 0.3 is 0 Å². The molecule has 3 aromatic rings. The second-order valence-electron chi connectivity index (χ2n) is 5.97. The number of anilines is 1. The van der Waals surface area contributed by atoms with E-state index in [1.54, 1.807) is 56.4 Å². The molecule has 1 atom stereocenters. The van der Waals surface area contributed by atoms with E-state index in [2.05, 4.69) is 10.3 Å². The van der Waals surface area contributed by atoms with Crippen LogP contribution in [0.15, 0.2) is 58.5 Å². The van der Waals surface area contributed by atoms with Crippen molar-refractivity contribution < 1.29 is 9.59 Å². The summed E-state index contributed by atoms with van der Waals surface area (Å²) in [6.45, 7) is 1.74. The first-order valence-electron chi connectivity index (χ1n) is 8.20. The molecule has 138 valence electrons. The number of thioether (sulfide) groups is 1. The van der Waals surface area contributed by atoms with Crippen LogP contribution in [0.2, 0.25) is 0 Å². The van der Waals surface area contributed by atoms with Gasteiger partial charge in [-0.05, 0) is 43.3 Å². The van der Waals surface area contributed by atoms with Crippen LogP contribution in [0.3, 0.4) is 0 Å². The van der Waals surface area contributed by atoms with E-state index in [9.17, 15) is 14.4 Å². The van der Waals surface area contributed by atoms with E-state index in [1.165, 1.54) is 16.3 Å². The van der Waals surface area contributed by atoms with E-state index in [1.807, 2.05) is 6.07 Å². The third kappa shape index (κ3) is 4.01. The SMILES string of the molecule is CC(Sc1nc2ccccc2c(=O)n1C)C(=O)Nc1ccc(C(N)=O)cc1. The number of nitrogens with two attached hydrogens (primary N) is 1. The van der Waals surface area contributed by atoms with Crippen LogP contribution in [0.5, 0.6) is 0 Å². The molecule has 3 N–H and O–H groups in total. The van der Waals surface area contributed by atoms with E-state index in [0.717, 1.165) is 0 Å². The van der Waals surface area contributed by atoms with E-state index in [4.69, 9.17) is 5.73 Å². The monoisotopic (exact) mass is 382 g/mol. The normalized spacial score (nSPS) is 11.9. The molecular weight excluding hydrogens is 364 g/mol. The number of carbonyl (C=O) groups is 2. The van der Waals surface area contributed by atoms with Gasteiger partial charge in [0.2, 0.25) is 11.8 Å². The number of aromatic nitrogens is 2. The molecule has 1 aromatic heterocycles. The molecule has 0 saturated carbocycles. The van der Waals surface area contributed by atoms with E-state index < -0.39 is 11.2 Å². The highest BCUT2D eigenvalue weighted by atomic mass is 32.2. The lowest BCUT2D eigenvalue weighted by Crippen LogP contribution is -2.25. The Morgan fingerprint density at radius 2 is 1.81 bits per heavy atom.